The van der Waals surface area contributed by atoms with E-state index in [0.29, 0.717) is 5.92 Å². The van der Waals surface area contributed by atoms with Crippen LogP contribution in [0.25, 0.3) is 0 Å². The van der Waals surface area contributed by atoms with Crippen LogP contribution in [0.2, 0.25) is 0 Å². The molecule has 5 heteroatoms. The van der Waals surface area contributed by atoms with E-state index in [0.717, 1.165) is 6.42 Å². The molecule has 114 valence electrons. The molecule has 0 amide bonds. The monoisotopic (exact) mass is 291 g/mol. The fraction of sp³-hybridized carbons (Fsp3) is 1.00. The van der Waals surface area contributed by atoms with Crippen molar-refractivity contribution in [1.29, 1.82) is 0 Å². The summed E-state index contributed by atoms with van der Waals surface area (Å²) in [6.07, 6.45) is 6.60. The fourth-order valence-corrected chi connectivity index (χ4v) is 3.74. The molecule has 0 spiro atoms. The van der Waals surface area contributed by atoms with Gasteiger partial charge in [-0.1, -0.05) is 32.1 Å². The van der Waals surface area contributed by atoms with Crippen LogP contribution in [-0.4, -0.2) is 36.7 Å². The van der Waals surface area contributed by atoms with Gasteiger partial charge < -0.3 is 10.8 Å². The van der Waals surface area contributed by atoms with Gasteiger partial charge in [-0.2, -0.15) is 0 Å². The van der Waals surface area contributed by atoms with Crippen LogP contribution in [0.15, 0.2) is 0 Å². The summed E-state index contributed by atoms with van der Waals surface area (Å²) in [6.45, 7) is 3.34. The average molecular weight is 291 g/mol. The molecule has 2 atom stereocenters. The van der Waals surface area contributed by atoms with Crippen LogP contribution in [0.5, 0.6) is 0 Å². The number of hydrogen-bond donors (Lipinski definition) is 2. The third-order valence-corrected chi connectivity index (χ3v) is 6.48. The zero-order valence-electron chi connectivity index (χ0n) is 12.2. The molecule has 1 unspecified atom stereocenters. The largest absolute Gasteiger partial charge is 0.391 e. The first-order chi connectivity index (χ1) is 8.83. The summed E-state index contributed by atoms with van der Waals surface area (Å²) in [7, 11) is -3.08. The number of rotatable bonds is 7. The molecule has 1 fully saturated rings. The average Bonchev–Trinajstić information content (AvgIpc) is 2.37. The molecule has 0 aromatic rings. The van der Waals surface area contributed by atoms with Crippen molar-refractivity contribution in [2.24, 2.45) is 11.7 Å². The van der Waals surface area contributed by atoms with Crippen molar-refractivity contribution in [3.8, 4) is 0 Å². The molecule has 0 saturated heterocycles. The number of aliphatic hydroxyl groups is 1. The summed E-state index contributed by atoms with van der Waals surface area (Å²) in [5.41, 5.74) is 6.01. The first-order valence-corrected chi connectivity index (χ1v) is 9.19. The molecule has 19 heavy (non-hydrogen) atoms. The first kappa shape index (κ1) is 16.9. The van der Waals surface area contributed by atoms with Gasteiger partial charge in [-0.25, -0.2) is 8.42 Å². The van der Waals surface area contributed by atoms with E-state index in [1.165, 1.54) is 32.1 Å². The molecule has 0 radical (unpaired) electrons. The van der Waals surface area contributed by atoms with Gasteiger partial charge in [0, 0.05) is 6.04 Å². The van der Waals surface area contributed by atoms with Gasteiger partial charge in [0.05, 0.1) is 17.1 Å². The Bertz CT molecular complexity index is 348. The number of nitrogens with two attached hydrogens (primary N) is 1. The maximum Gasteiger partial charge on any atom is 0.152 e. The number of aliphatic hydroxyl groups excluding tert-OH is 1. The van der Waals surface area contributed by atoms with Crippen LogP contribution >= 0.6 is 0 Å². The van der Waals surface area contributed by atoms with Gasteiger partial charge in [0.2, 0.25) is 0 Å². The highest BCUT2D eigenvalue weighted by molar-refractivity contribution is 7.91. The fourth-order valence-electron chi connectivity index (χ4n) is 2.70. The van der Waals surface area contributed by atoms with Crippen molar-refractivity contribution >= 4 is 9.84 Å². The second kappa shape index (κ2) is 7.60. The van der Waals surface area contributed by atoms with Gasteiger partial charge in [0.15, 0.2) is 9.84 Å². The van der Waals surface area contributed by atoms with E-state index in [4.69, 9.17) is 5.73 Å². The SMILES string of the molecule is CC(C)S(=O)(=O)CC[C@H](O)C(N)CC1CCCCC1. The van der Waals surface area contributed by atoms with Crippen LogP contribution in [0.1, 0.15) is 58.8 Å². The lowest BCUT2D eigenvalue weighted by Crippen LogP contribution is -2.38. The van der Waals surface area contributed by atoms with Crippen molar-refractivity contribution in [1.82, 2.24) is 0 Å². The van der Waals surface area contributed by atoms with Crippen molar-refractivity contribution in [3.63, 3.8) is 0 Å². The number of sulfone groups is 1. The Balaban J connectivity index is 2.33. The lowest BCUT2D eigenvalue weighted by Gasteiger charge is -2.27. The molecular formula is C14H29NO3S. The van der Waals surface area contributed by atoms with Gasteiger partial charge in [0.1, 0.15) is 0 Å². The van der Waals surface area contributed by atoms with Gasteiger partial charge >= 0.3 is 0 Å². The van der Waals surface area contributed by atoms with E-state index in [9.17, 15) is 13.5 Å². The Labute approximate surface area is 117 Å². The highest BCUT2D eigenvalue weighted by atomic mass is 32.2. The highest BCUT2D eigenvalue weighted by Gasteiger charge is 2.24. The molecule has 0 aromatic heterocycles. The smallest absolute Gasteiger partial charge is 0.152 e. The van der Waals surface area contributed by atoms with Crippen molar-refractivity contribution in [3.05, 3.63) is 0 Å². The molecule has 1 rings (SSSR count). The molecular weight excluding hydrogens is 262 g/mol. The minimum absolute atomic E-state index is 0.0319. The van der Waals surface area contributed by atoms with Crippen LogP contribution in [0, 0.1) is 5.92 Å². The van der Waals surface area contributed by atoms with E-state index < -0.39 is 15.9 Å². The molecule has 3 N–H and O–H groups in total. The minimum atomic E-state index is -3.08. The summed E-state index contributed by atoms with van der Waals surface area (Å²) in [6, 6.07) is -0.287. The summed E-state index contributed by atoms with van der Waals surface area (Å²) in [4.78, 5) is 0. The molecule has 1 aliphatic rings. The van der Waals surface area contributed by atoms with Crippen LogP contribution in [0.4, 0.5) is 0 Å². The molecule has 0 bridgehead atoms. The van der Waals surface area contributed by atoms with E-state index in [1.807, 2.05) is 0 Å². The summed E-state index contributed by atoms with van der Waals surface area (Å²) >= 11 is 0. The Morgan fingerprint density at radius 3 is 2.32 bits per heavy atom. The quantitative estimate of drug-likeness (QED) is 0.750. The third-order valence-electron chi connectivity index (χ3n) is 4.24. The van der Waals surface area contributed by atoms with Gasteiger partial charge in [0.25, 0.3) is 0 Å². The second-order valence-corrected chi connectivity index (χ2v) is 8.85. The maximum absolute atomic E-state index is 11.7. The maximum atomic E-state index is 11.7. The van der Waals surface area contributed by atoms with Crippen LogP contribution in [0.3, 0.4) is 0 Å². The zero-order valence-corrected chi connectivity index (χ0v) is 13.0. The predicted octanol–water partition coefficient (Wildman–Crippen LogP) is 1.86. The lowest BCUT2D eigenvalue weighted by atomic mass is 9.84. The summed E-state index contributed by atoms with van der Waals surface area (Å²) in [5, 5.41) is 9.62. The van der Waals surface area contributed by atoms with E-state index >= 15 is 0 Å². The third kappa shape index (κ3) is 5.79. The molecule has 0 heterocycles. The molecule has 1 aliphatic carbocycles. The van der Waals surface area contributed by atoms with Gasteiger partial charge in [-0.15, -0.1) is 0 Å². The molecule has 1 saturated carbocycles. The molecule has 0 aromatic carbocycles. The minimum Gasteiger partial charge on any atom is -0.391 e. The van der Waals surface area contributed by atoms with Crippen LogP contribution < -0.4 is 5.73 Å². The summed E-state index contributed by atoms with van der Waals surface area (Å²) < 4.78 is 23.4. The topological polar surface area (TPSA) is 80.4 Å². The Morgan fingerprint density at radius 1 is 1.21 bits per heavy atom. The van der Waals surface area contributed by atoms with Crippen molar-refractivity contribution in [2.75, 3.05) is 5.75 Å². The first-order valence-electron chi connectivity index (χ1n) is 7.48. The van der Waals surface area contributed by atoms with E-state index in [1.54, 1.807) is 13.8 Å². The Hall–Kier alpha value is -0.130. The second-order valence-electron chi connectivity index (χ2n) is 6.18. The van der Waals surface area contributed by atoms with Crippen molar-refractivity contribution < 1.29 is 13.5 Å². The number of hydrogen-bond acceptors (Lipinski definition) is 4. The van der Waals surface area contributed by atoms with E-state index in [-0.39, 0.29) is 23.5 Å². The Morgan fingerprint density at radius 2 is 1.79 bits per heavy atom. The summed E-state index contributed by atoms with van der Waals surface area (Å²) in [5.74, 6) is 0.643. The highest BCUT2D eigenvalue weighted by Crippen LogP contribution is 2.27. The van der Waals surface area contributed by atoms with Crippen LogP contribution in [-0.2, 0) is 9.84 Å². The Kier molecular flexibility index (Phi) is 6.77. The van der Waals surface area contributed by atoms with Gasteiger partial charge in [-0.3, -0.25) is 0 Å². The zero-order chi connectivity index (χ0) is 14.5. The molecule has 4 nitrogen and oxygen atoms in total. The standard InChI is InChI=1S/C14H29NO3S/c1-11(2)19(17,18)9-8-14(16)13(15)10-12-6-4-3-5-7-12/h11-14,16H,3-10,15H2,1-2H3/t13?,14-/m0/s1. The van der Waals surface area contributed by atoms with Gasteiger partial charge in [-0.05, 0) is 32.6 Å². The lowest BCUT2D eigenvalue weighted by molar-refractivity contribution is 0.123. The normalized spacial score (nSPS) is 21.5. The molecule has 0 aliphatic heterocycles. The van der Waals surface area contributed by atoms with Crippen molar-refractivity contribution in [2.45, 2.75) is 76.2 Å². The van der Waals surface area contributed by atoms with E-state index in [2.05, 4.69) is 0 Å². The predicted molar refractivity (Wildman–Crippen MR) is 78.7 cm³/mol.